The summed E-state index contributed by atoms with van der Waals surface area (Å²) in [5.41, 5.74) is -0.0548. The zero-order valence-electron chi connectivity index (χ0n) is 22.0. The SMILES string of the molecule is COc1cc(C(C)OC(=O)OC2C(=O)CC(C)C2=O)c([N+](=O)[O-])cc1OCC[NH+](C)CCC(C)(C)C. The highest BCUT2D eigenvalue weighted by Crippen LogP contribution is 2.38. The maximum absolute atomic E-state index is 12.2. The maximum Gasteiger partial charge on any atom is 0.510 e. The molecule has 11 heteroatoms. The van der Waals surface area contributed by atoms with Gasteiger partial charge in [0, 0.05) is 18.8 Å². The van der Waals surface area contributed by atoms with Crippen LogP contribution in [0.5, 0.6) is 11.5 Å². The van der Waals surface area contributed by atoms with Gasteiger partial charge in [-0.05, 0) is 18.4 Å². The van der Waals surface area contributed by atoms with Gasteiger partial charge in [-0.3, -0.25) is 19.7 Å². The van der Waals surface area contributed by atoms with E-state index in [1.807, 2.05) is 0 Å². The number of carbonyl (C=O) groups is 3. The lowest BCUT2D eigenvalue weighted by Crippen LogP contribution is -3.09. The number of hydrogen-bond acceptors (Lipinski definition) is 9. The highest BCUT2D eigenvalue weighted by Gasteiger charge is 2.42. The second-order valence-electron chi connectivity index (χ2n) is 10.4. The summed E-state index contributed by atoms with van der Waals surface area (Å²) in [4.78, 5) is 48.5. The molecule has 0 radical (unpaired) electrons. The molecule has 1 aromatic rings. The molecule has 0 aliphatic heterocycles. The quantitative estimate of drug-likeness (QED) is 0.207. The lowest BCUT2D eigenvalue weighted by Gasteiger charge is -2.21. The van der Waals surface area contributed by atoms with Gasteiger partial charge < -0.3 is 23.8 Å². The molecule has 1 fully saturated rings. The number of carbonyl (C=O) groups excluding carboxylic acids is 3. The molecule has 2 rings (SSSR count). The normalized spacial score (nSPS) is 19.5. The largest absolute Gasteiger partial charge is 0.510 e. The van der Waals surface area contributed by atoms with E-state index >= 15 is 0 Å². The van der Waals surface area contributed by atoms with Crippen molar-refractivity contribution in [2.24, 2.45) is 11.3 Å². The minimum Gasteiger partial charge on any atom is -0.493 e. The van der Waals surface area contributed by atoms with Crippen LogP contribution in [0.2, 0.25) is 0 Å². The van der Waals surface area contributed by atoms with Crippen LogP contribution in [0.1, 0.15) is 59.1 Å². The van der Waals surface area contributed by atoms with Crippen molar-refractivity contribution < 1.29 is 43.2 Å². The van der Waals surface area contributed by atoms with Crippen LogP contribution in [0, 0.1) is 21.4 Å². The second-order valence-corrected chi connectivity index (χ2v) is 10.4. The van der Waals surface area contributed by atoms with Gasteiger partial charge in [0.1, 0.15) is 19.3 Å². The van der Waals surface area contributed by atoms with Crippen molar-refractivity contribution in [1.29, 1.82) is 0 Å². The van der Waals surface area contributed by atoms with Gasteiger partial charge >= 0.3 is 6.16 Å². The van der Waals surface area contributed by atoms with Gasteiger partial charge in [-0.1, -0.05) is 27.7 Å². The van der Waals surface area contributed by atoms with Gasteiger partial charge in [0.2, 0.25) is 6.10 Å². The van der Waals surface area contributed by atoms with Crippen molar-refractivity contribution in [2.75, 3.05) is 33.9 Å². The Morgan fingerprint density at radius 2 is 1.89 bits per heavy atom. The summed E-state index contributed by atoms with van der Waals surface area (Å²) in [6.45, 7) is 11.5. The Hall–Kier alpha value is -3.21. The molecule has 1 aromatic carbocycles. The van der Waals surface area contributed by atoms with Crippen LogP contribution >= 0.6 is 0 Å². The van der Waals surface area contributed by atoms with Crippen molar-refractivity contribution in [2.45, 2.75) is 59.7 Å². The molecule has 1 aliphatic rings. The van der Waals surface area contributed by atoms with Gasteiger partial charge in [-0.2, -0.15) is 0 Å². The Bertz CT molecular complexity index is 986. The number of methoxy groups -OCH3 is 1. The molecule has 1 aliphatic carbocycles. The van der Waals surface area contributed by atoms with Crippen LogP contribution in [-0.4, -0.2) is 62.6 Å². The number of nitrogens with zero attached hydrogens (tertiary/aromatic N) is 1. The molecule has 0 spiro atoms. The zero-order valence-corrected chi connectivity index (χ0v) is 22.0. The fraction of sp³-hybridized carbons (Fsp3) is 0.640. The van der Waals surface area contributed by atoms with Crippen LogP contribution in [0.4, 0.5) is 10.5 Å². The van der Waals surface area contributed by atoms with Gasteiger partial charge in [-0.25, -0.2) is 4.79 Å². The van der Waals surface area contributed by atoms with E-state index in [9.17, 15) is 24.5 Å². The molecule has 0 bridgehead atoms. The van der Waals surface area contributed by atoms with Gasteiger partial charge in [0.25, 0.3) is 5.69 Å². The summed E-state index contributed by atoms with van der Waals surface area (Å²) in [7, 11) is 3.46. The molecular weight excluding hydrogens is 472 g/mol. The Morgan fingerprint density at radius 1 is 1.22 bits per heavy atom. The molecule has 1 saturated carbocycles. The van der Waals surface area contributed by atoms with Crippen molar-refractivity contribution >= 4 is 23.4 Å². The fourth-order valence-corrected chi connectivity index (χ4v) is 3.75. The van der Waals surface area contributed by atoms with E-state index in [1.165, 1.54) is 31.1 Å². The lowest BCUT2D eigenvalue weighted by atomic mass is 9.92. The van der Waals surface area contributed by atoms with Crippen molar-refractivity contribution in [3.63, 3.8) is 0 Å². The number of benzene rings is 1. The highest BCUT2D eigenvalue weighted by atomic mass is 16.7. The Labute approximate surface area is 211 Å². The summed E-state index contributed by atoms with van der Waals surface area (Å²) >= 11 is 0. The average molecular weight is 510 g/mol. The van der Waals surface area contributed by atoms with E-state index in [2.05, 4.69) is 27.8 Å². The van der Waals surface area contributed by atoms with Crippen LogP contribution in [-0.2, 0) is 19.1 Å². The van der Waals surface area contributed by atoms with Crippen LogP contribution in [0.3, 0.4) is 0 Å². The molecule has 1 N–H and O–H groups in total. The Balaban J connectivity index is 2.10. The monoisotopic (exact) mass is 509 g/mol. The van der Waals surface area contributed by atoms with Gasteiger partial charge in [0.15, 0.2) is 23.1 Å². The maximum atomic E-state index is 12.2. The Morgan fingerprint density at radius 3 is 2.42 bits per heavy atom. The molecule has 4 atom stereocenters. The van der Waals surface area contributed by atoms with Crippen LogP contribution in [0.25, 0.3) is 0 Å². The number of nitrogens with one attached hydrogen (secondary N) is 1. The lowest BCUT2D eigenvalue weighted by molar-refractivity contribution is -0.880. The molecule has 200 valence electrons. The Kier molecular flexibility index (Phi) is 9.80. The summed E-state index contributed by atoms with van der Waals surface area (Å²) in [5, 5.41) is 11.8. The van der Waals surface area contributed by atoms with Crippen LogP contribution in [0.15, 0.2) is 12.1 Å². The number of likely N-dealkylation sites (N-methyl/N-ethyl adjacent to an activating group) is 1. The zero-order chi connectivity index (χ0) is 27.2. The molecule has 11 nitrogen and oxygen atoms in total. The summed E-state index contributed by atoms with van der Waals surface area (Å²) in [6, 6.07) is 2.60. The average Bonchev–Trinajstić information content (AvgIpc) is 3.02. The minimum atomic E-state index is -1.51. The second kappa shape index (κ2) is 12.2. The standard InChI is InChI=1S/C25H36N2O9/c1-15-12-19(28)23(22(15)29)36-24(30)35-16(2)17-13-20(33-7)21(14-18(17)27(31)32)34-11-10-26(6)9-8-25(3,4)5/h13-16,23H,8-12H2,1-7H3/p+1. The smallest absolute Gasteiger partial charge is 0.493 e. The number of quaternary nitrogens is 1. The van der Waals surface area contributed by atoms with Crippen molar-refractivity contribution in [3.8, 4) is 11.5 Å². The number of ketones is 2. The third-order valence-corrected chi connectivity index (χ3v) is 6.07. The van der Waals surface area contributed by atoms with Gasteiger partial charge in [0.05, 0.1) is 37.3 Å². The first-order valence-corrected chi connectivity index (χ1v) is 12.0. The minimum absolute atomic E-state index is 0.00958. The van der Waals surface area contributed by atoms with E-state index in [0.717, 1.165) is 13.0 Å². The van der Waals surface area contributed by atoms with Gasteiger partial charge in [-0.15, -0.1) is 0 Å². The molecule has 0 heterocycles. The molecular formula is C25H37N2O9+. The van der Waals surface area contributed by atoms with E-state index in [4.69, 9.17) is 18.9 Å². The fourth-order valence-electron chi connectivity index (χ4n) is 3.75. The number of Topliss-reactive ketones (excluding diaryl/α,β-unsaturated/α-hetero) is 2. The molecule has 4 unspecified atom stereocenters. The van der Waals surface area contributed by atoms with E-state index in [-0.39, 0.29) is 34.6 Å². The number of nitro groups is 1. The third kappa shape index (κ3) is 7.91. The predicted octanol–water partition coefficient (Wildman–Crippen LogP) is 2.69. The summed E-state index contributed by atoms with van der Waals surface area (Å²) < 4.78 is 21.2. The van der Waals surface area contributed by atoms with E-state index in [0.29, 0.717) is 13.2 Å². The third-order valence-electron chi connectivity index (χ3n) is 6.07. The highest BCUT2D eigenvalue weighted by molar-refractivity contribution is 6.13. The first-order valence-electron chi connectivity index (χ1n) is 12.0. The first kappa shape index (κ1) is 29.0. The molecule has 0 aromatic heterocycles. The molecule has 0 amide bonds. The van der Waals surface area contributed by atoms with Crippen molar-refractivity contribution in [1.82, 2.24) is 0 Å². The number of hydrogen-bond donors (Lipinski definition) is 1. The topological polar surface area (TPSA) is 136 Å². The number of nitro benzene ring substituents is 1. The molecule has 0 saturated heterocycles. The van der Waals surface area contributed by atoms with E-state index < -0.39 is 40.8 Å². The predicted molar refractivity (Wildman–Crippen MR) is 129 cm³/mol. The summed E-state index contributed by atoms with van der Waals surface area (Å²) in [5.74, 6) is -1.10. The van der Waals surface area contributed by atoms with E-state index in [1.54, 1.807) is 6.92 Å². The van der Waals surface area contributed by atoms with Crippen LogP contribution < -0.4 is 14.4 Å². The summed E-state index contributed by atoms with van der Waals surface area (Å²) in [6.07, 6.45) is -2.87. The molecule has 36 heavy (non-hydrogen) atoms. The number of ether oxygens (including phenoxy) is 4. The first-order chi connectivity index (χ1) is 16.7. The number of rotatable bonds is 11. The van der Waals surface area contributed by atoms with Crippen molar-refractivity contribution in [3.05, 3.63) is 27.8 Å².